The van der Waals surface area contributed by atoms with E-state index in [-0.39, 0.29) is 53.3 Å². The molecule has 1 amide bonds. The number of methoxy groups -OCH3 is 1. The Morgan fingerprint density at radius 1 is 1.24 bits per heavy atom. The topological polar surface area (TPSA) is 213 Å². The monoisotopic (exact) mass is 652 g/mol. The maximum absolute atomic E-state index is 12.7. The van der Waals surface area contributed by atoms with Gasteiger partial charge in [-0.05, 0) is 20.8 Å². The zero-order valence-corrected chi connectivity index (χ0v) is 26.8. The summed E-state index contributed by atoms with van der Waals surface area (Å²) in [5.74, 6) is -1.28. The summed E-state index contributed by atoms with van der Waals surface area (Å²) in [6.45, 7) is 10.2. The van der Waals surface area contributed by atoms with E-state index in [1.807, 2.05) is 6.92 Å². The molecule has 0 aliphatic carbocycles. The van der Waals surface area contributed by atoms with Crippen molar-refractivity contribution >= 4 is 49.3 Å². The summed E-state index contributed by atoms with van der Waals surface area (Å²) in [6.07, 6.45) is 1.41. The number of carbonyl (C=O) groups excluding carboxylic acids is 3. The molecular weight excluding hydrogens is 615 g/mol. The molecule has 5 unspecified atom stereocenters. The molecule has 3 aromatic rings. The minimum atomic E-state index is -1.93. The van der Waals surface area contributed by atoms with E-state index >= 15 is 0 Å². The lowest BCUT2D eigenvalue weighted by molar-refractivity contribution is -0.159. The Hall–Kier alpha value is -3.83. The summed E-state index contributed by atoms with van der Waals surface area (Å²) in [6, 6.07) is 0. The molecule has 3 aromatic heterocycles. The lowest BCUT2D eigenvalue weighted by atomic mass is 9.98. The smallest absolute Gasteiger partial charge is 0.313 e. The number of H-pyrrole nitrogens is 1. The van der Waals surface area contributed by atoms with Crippen LogP contribution in [0.1, 0.15) is 47.8 Å². The molecule has 18 nitrogen and oxygen atoms in total. The number of hydrogen-bond acceptors (Lipinski definition) is 14. The van der Waals surface area contributed by atoms with Crippen LogP contribution in [-0.4, -0.2) is 85.8 Å². The summed E-state index contributed by atoms with van der Waals surface area (Å²) in [5.41, 5.74) is -0.666. The van der Waals surface area contributed by atoms with Crippen LogP contribution >= 0.6 is 8.38 Å². The van der Waals surface area contributed by atoms with Crippen LogP contribution in [-0.2, 0) is 48.9 Å². The number of nitrogens with zero attached hydrogens (tertiary/aromatic N) is 6. The van der Waals surface area contributed by atoms with Crippen molar-refractivity contribution in [1.29, 1.82) is 0 Å². The number of rotatable bonds is 14. The van der Waals surface area contributed by atoms with Gasteiger partial charge in [-0.15, -0.1) is 5.10 Å². The van der Waals surface area contributed by atoms with Crippen LogP contribution in [0.5, 0.6) is 0 Å². The largest absolute Gasteiger partial charge is 0.440 e. The molecule has 0 aromatic carbocycles. The fraction of sp³-hybridized carbons (Fsp3) is 0.615. The number of esters is 1. The molecule has 4 heterocycles. The van der Waals surface area contributed by atoms with Crippen molar-refractivity contribution in [3.8, 4) is 0 Å². The van der Waals surface area contributed by atoms with Gasteiger partial charge in [-0.1, -0.05) is 26.0 Å². The standard InChI is InChI=1S/C26H37N8O10P/c1-14(2)21(36)29-25-28-20-18(22(37)30-25)27-10-34(20)23-19(39-7)15(3)16(44-23)8-33-9-17(31-32-33)45(42-12-40-11-35)43-13-41-24(38)26(4,5)6/h9-11,14-16,19,23H,8,12-13H2,1-7H3,(H2,28,29,30,36,37). The molecule has 2 N–H and O–H groups in total. The SMILES string of the molecule is COC1C(C)C(Cn2cc(P(OCOC=O)OCOC(=O)C(C)(C)C)nn2)OC1n1cnc2c(=O)[nH]c(NC(=O)C(C)C)nc21. The van der Waals surface area contributed by atoms with Gasteiger partial charge in [0.25, 0.3) is 12.0 Å². The first-order valence-electron chi connectivity index (χ1n) is 14.0. The van der Waals surface area contributed by atoms with E-state index in [2.05, 4.69) is 35.3 Å². The fourth-order valence-electron chi connectivity index (χ4n) is 4.31. The second kappa shape index (κ2) is 14.5. The van der Waals surface area contributed by atoms with Crippen molar-refractivity contribution in [3.63, 3.8) is 0 Å². The average molecular weight is 653 g/mol. The molecule has 246 valence electrons. The van der Waals surface area contributed by atoms with Crippen LogP contribution in [0.4, 0.5) is 5.95 Å². The van der Waals surface area contributed by atoms with Crippen LogP contribution in [0.15, 0.2) is 17.3 Å². The van der Waals surface area contributed by atoms with Gasteiger partial charge in [0.2, 0.25) is 20.2 Å². The van der Waals surface area contributed by atoms with Gasteiger partial charge in [0.15, 0.2) is 36.4 Å². The van der Waals surface area contributed by atoms with E-state index in [0.717, 1.165) is 0 Å². The highest BCUT2D eigenvalue weighted by Crippen LogP contribution is 2.39. The maximum Gasteiger partial charge on any atom is 0.313 e. The van der Waals surface area contributed by atoms with Crippen molar-refractivity contribution in [2.24, 2.45) is 17.3 Å². The molecule has 5 atom stereocenters. The van der Waals surface area contributed by atoms with Gasteiger partial charge in [-0.3, -0.25) is 43.1 Å². The Bertz CT molecular complexity index is 1550. The second-order valence-corrected chi connectivity index (χ2v) is 13.0. The Morgan fingerprint density at radius 2 is 1.98 bits per heavy atom. The van der Waals surface area contributed by atoms with E-state index in [1.165, 1.54) is 11.0 Å². The highest BCUT2D eigenvalue weighted by atomic mass is 31.2. The first kappa shape index (κ1) is 34.1. The zero-order chi connectivity index (χ0) is 32.9. The number of imidazole rings is 1. The Kier molecular flexibility index (Phi) is 11.0. The number of aromatic amines is 1. The molecule has 0 saturated carbocycles. The van der Waals surface area contributed by atoms with Crippen LogP contribution in [0.25, 0.3) is 11.2 Å². The number of aromatic nitrogens is 7. The molecule has 0 spiro atoms. The summed E-state index contributed by atoms with van der Waals surface area (Å²) < 4.78 is 36.2. The fourth-order valence-corrected chi connectivity index (χ4v) is 5.30. The van der Waals surface area contributed by atoms with E-state index in [0.29, 0.717) is 0 Å². The van der Waals surface area contributed by atoms with Crippen molar-refractivity contribution < 1.29 is 42.4 Å². The highest BCUT2D eigenvalue weighted by Gasteiger charge is 2.44. The van der Waals surface area contributed by atoms with Crippen molar-refractivity contribution in [3.05, 3.63) is 22.9 Å². The van der Waals surface area contributed by atoms with Crippen molar-refractivity contribution in [2.45, 2.75) is 66.5 Å². The average Bonchev–Trinajstić information content (AvgIpc) is 3.69. The molecule has 45 heavy (non-hydrogen) atoms. The van der Waals surface area contributed by atoms with E-state index < -0.39 is 57.3 Å². The lowest BCUT2D eigenvalue weighted by Gasteiger charge is -2.20. The second-order valence-electron chi connectivity index (χ2n) is 11.5. The number of anilines is 1. The van der Waals surface area contributed by atoms with Crippen molar-refractivity contribution in [1.82, 2.24) is 34.5 Å². The van der Waals surface area contributed by atoms with Crippen LogP contribution in [0.3, 0.4) is 0 Å². The molecule has 0 bridgehead atoms. The Labute approximate surface area is 259 Å². The number of hydrogen-bond donors (Lipinski definition) is 2. The number of amides is 1. The molecule has 1 saturated heterocycles. The summed E-state index contributed by atoms with van der Waals surface area (Å²) in [4.78, 5) is 58.8. The van der Waals surface area contributed by atoms with Gasteiger partial charge in [0.05, 0.1) is 30.6 Å². The Morgan fingerprint density at radius 3 is 2.64 bits per heavy atom. The molecular formula is C26H37N8O10P. The molecule has 1 fully saturated rings. The minimum absolute atomic E-state index is 0.00712. The van der Waals surface area contributed by atoms with Crippen LogP contribution in [0.2, 0.25) is 0 Å². The quantitative estimate of drug-likeness (QED) is 0.0824. The first-order valence-corrected chi connectivity index (χ1v) is 15.2. The maximum atomic E-state index is 12.7. The van der Waals surface area contributed by atoms with Gasteiger partial charge >= 0.3 is 5.97 Å². The predicted molar refractivity (Wildman–Crippen MR) is 157 cm³/mol. The predicted octanol–water partition coefficient (Wildman–Crippen LogP) is 1.20. The number of fused-ring (bicyclic) bond motifs is 1. The number of ether oxygens (including phenoxy) is 4. The van der Waals surface area contributed by atoms with Crippen LogP contribution < -0.4 is 16.3 Å². The minimum Gasteiger partial charge on any atom is -0.440 e. The third-order valence-corrected chi connectivity index (χ3v) is 8.06. The third-order valence-electron chi connectivity index (χ3n) is 6.80. The summed E-state index contributed by atoms with van der Waals surface area (Å²) in [5, 5.41) is 10.9. The lowest BCUT2D eigenvalue weighted by Crippen LogP contribution is -2.28. The van der Waals surface area contributed by atoms with Gasteiger partial charge < -0.3 is 18.9 Å². The first-order chi connectivity index (χ1) is 21.3. The van der Waals surface area contributed by atoms with E-state index in [1.54, 1.807) is 52.5 Å². The molecule has 1 aliphatic rings. The van der Waals surface area contributed by atoms with Gasteiger partial charge in [0.1, 0.15) is 6.10 Å². The van der Waals surface area contributed by atoms with E-state index in [4.69, 9.17) is 23.3 Å². The van der Waals surface area contributed by atoms with Gasteiger partial charge in [-0.2, -0.15) is 4.98 Å². The molecule has 19 heteroatoms. The molecule has 1 aliphatic heterocycles. The summed E-state index contributed by atoms with van der Waals surface area (Å²) >= 11 is 0. The van der Waals surface area contributed by atoms with Crippen LogP contribution in [0, 0.1) is 17.3 Å². The number of nitrogens with one attached hydrogen (secondary N) is 2. The van der Waals surface area contributed by atoms with Gasteiger partial charge in [0, 0.05) is 18.9 Å². The van der Waals surface area contributed by atoms with Crippen molar-refractivity contribution in [2.75, 3.05) is 26.0 Å². The normalized spacial score (nSPS) is 20.8. The zero-order valence-electron chi connectivity index (χ0n) is 26.0. The molecule has 4 rings (SSSR count). The highest BCUT2D eigenvalue weighted by molar-refractivity contribution is 7.55. The van der Waals surface area contributed by atoms with Gasteiger partial charge in [-0.25, -0.2) is 9.67 Å². The summed E-state index contributed by atoms with van der Waals surface area (Å²) in [7, 11) is -0.381. The van der Waals surface area contributed by atoms with E-state index in [9.17, 15) is 19.2 Å². The Balaban J connectivity index is 1.50. The third kappa shape index (κ3) is 8.07. The molecule has 0 radical (unpaired) electrons. The number of carbonyl (C=O) groups is 3.